The summed E-state index contributed by atoms with van der Waals surface area (Å²) in [5, 5.41) is 0.491. The van der Waals surface area contributed by atoms with Gasteiger partial charge in [0.1, 0.15) is 12.6 Å². The highest BCUT2D eigenvalue weighted by Gasteiger charge is 2.44. The van der Waals surface area contributed by atoms with Gasteiger partial charge in [-0.1, -0.05) is 23.7 Å². The minimum Gasteiger partial charge on any atom is -0.338 e. The molecule has 190 valence electrons. The van der Waals surface area contributed by atoms with E-state index in [9.17, 15) is 27.6 Å². The van der Waals surface area contributed by atoms with E-state index in [-0.39, 0.29) is 36.9 Å². The van der Waals surface area contributed by atoms with Crippen LogP contribution in [0.25, 0.3) is 0 Å². The van der Waals surface area contributed by atoms with Gasteiger partial charge in [0.25, 0.3) is 5.91 Å². The van der Waals surface area contributed by atoms with Gasteiger partial charge in [-0.3, -0.25) is 24.2 Å². The van der Waals surface area contributed by atoms with E-state index in [1.807, 2.05) is 0 Å². The van der Waals surface area contributed by atoms with Gasteiger partial charge < -0.3 is 4.90 Å². The second-order valence-corrected chi connectivity index (χ2v) is 11.0. The van der Waals surface area contributed by atoms with E-state index < -0.39 is 40.5 Å². The average Bonchev–Trinajstić information content (AvgIpc) is 3.07. The zero-order valence-corrected chi connectivity index (χ0v) is 21.3. The number of nitrogens with zero attached hydrogens (tertiary/aromatic N) is 4. The fourth-order valence-corrected chi connectivity index (χ4v) is 5.78. The van der Waals surface area contributed by atoms with Gasteiger partial charge in [-0.05, 0) is 50.2 Å². The Balaban J connectivity index is 1.38. The molecule has 4 rings (SSSR count). The predicted octanol–water partition coefficient (Wildman–Crippen LogP) is 2.23. The maximum absolute atomic E-state index is 13.0. The average molecular weight is 533 g/mol. The summed E-state index contributed by atoms with van der Waals surface area (Å²) in [6.07, 6.45) is 0. The van der Waals surface area contributed by atoms with Crippen LogP contribution in [0.2, 0.25) is 5.02 Å². The maximum atomic E-state index is 13.0. The van der Waals surface area contributed by atoms with Crippen molar-refractivity contribution in [1.82, 2.24) is 14.1 Å². The van der Waals surface area contributed by atoms with Crippen molar-refractivity contribution in [1.29, 1.82) is 0 Å². The molecule has 2 saturated heterocycles. The number of imide groups is 1. The summed E-state index contributed by atoms with van der Waals surface area (Å²) in [6.45, 7) is 2.94. The first-order valence-electron chi connectivity index (χ1n) is 11.3. The van der Waals surface area contributed by atoms with Crippen molar-refractivity contribution in [2.75, 3.05) is 37.6 Å². The Bertz CT molecular complexity index is 1310. The van der Waals surface area contributed by atoms with E-state index in [0.717, 1.165) is 4.90 Å². The lowest BCUT2D eigenvalue weighted by Gasteiger charge is -2.34. The van der Waals surface area contributed by atoms with Gasteiger partial charge in [0.2, 0.25) is 15.9 Å². The molecule has 0 bridgehead atoms. The fourth-order valence-electron chi connectivity index (χ4n) is 4.23. The van der Waals surface area contributed by atoms with Gasteiger partial charge in [0.05, 0.1) is 4.90 Å². The summed E-state index contributed by atoms with van der Waals surface area (Å²) < 4.78 is 27.2. The van der Waals surface area contributed by atoms with Crippen LogP contribution in [-0.4, -0.2) is 84.9 Å². The molecule has 2 heterocycles. The molecule has 2 aliphatic heterocycles. The highest BCUT2D eigenvalue weighted by atomic mass is 35.5. The largest absolute Gasteiger partial charge is 0.338 e. The summed E-state index contributed by atoms with van der Waals surface area (Å²) >= 11 is 5.91. The van der Waals surface area contributed by atoms with Gasteiger partial charge in [0.15, 0.2) is 5.78 Å². The predicted molar refractivity (Wildman–Crippen MR) is 132 cm³/mol. The van der Waals surface area contributed by atoms with Crippen LogP contribution < -0.4 is 4.90 Å². The Kier molecular flexibility index (Phi) is 7.17. The van der Waals surface area contributed by atoms with Gasteiger partial charge >= 0.3 is 6.03 Å². The minimum atomic E-state index is -3.79. The number of amides is 4. The van der Waals surface area contributed by atoms with E-state index in [1.165, 1.54) is 45.3 Å². The molecule has 0 saturated carbocycles. The van der Waals surface area contributed by atoms with Crippen molar-refractivity contribution >= 4 is 50.9 Å². The maximum Gasteiger partial charge on any atom is 0.332 e. The van der Waals surface area contributed by atoms with Gasteiger partial charge in [-0.15, -0.1) is 0 Å². The quantitative estimate of drug-likeness (QED) is 0.416. The third-order valence-electron chi connectivity index (χ3n) is 6.34. The molecule has 0 radical (unpaired) electrons. The van der Waals surface area contributed by atoms with Crippen LogP contribution in [0.3, 0.4) is 0 Å². The number of Topliss-reactive ketones (excluding diaryl/α,β-unsaturated/α-hetero) is 1. The molecule has 4 amide bonds. The number of carbonyl (C=O) groups excluding carboxylic acids is 4. The molecule has 0 unspecified atom stereocenters. The lowest BCUT2D eigenvalue weighted by Crippen LogP contribution is -2.53. The summed E-state index contributed by atoms with van der Waals surface area (Å²) in [5.41, 5.74) is 0.912. The molecule has 0 aromatic heterocycles. The lowest BCUT2D eigenvalue weighted by molar-refractivity contribution is -0.137. The van der Waals surface area contributed by atoms with E-state index >= 15 is 0 Å². The first-order valence-corrected chi connectivity index (χ1v) is 13.1. The Hall–Kier alpha value is -3.28. The zero-order chi connectivity index (χ0) is 26.2. The first kappa shape index (κ1) is 25.8. The summed E-state index contributed by atoms with van der Waals surface area (Å²) in [4.78, 5) is 53.8. The molecule has 36 heavy (non-hydrogen) atoms. The number of carbonyl (C=O) groups is 4. The van der Waals surface area contributed by atoms with Crippen LogP contribution in [0.1, 0.15) is 24.2 Å². The number of hydrogen-bond donors (Lipinski definition) is 0. The molecule has 2 aromatic carbocycles. The number of hydrogen-bond acceptors (Lipinski definition) is 6. The van der Waals surface area contributed by atoms with Crippen molar-refractivity contribution < 1.29 is 27.6 Å². The van der Waals surface area contributed by atoms with E-state index in [2.05, 4.69) is 0 Å². The Labute approximate surface area is 214 Å². The standard InChI is InChI=1S/C24H25ClN4O6S/c1-16-23(32)28(24(33)29(16)20-7-5-19(25)6-8-20)15-22(31)26-11-13-27(14-12-26)36(34,35)21-9-3-18(4-10-21)17(2)30/h3-10,16H,11-15H2,1-2H3/t16-/m1/s1. The van der Waals surface area contributed by atoms with Crippen molar-refractivity contribution in [2.24, 2.45) is 0 Å². The van der Waals surface area contributed by atoms with Crippen molar-refractivity contribution in [3.05, 3.63) is 59.1 Å². The minimum absolute atomic E-state index is 0.0665. The topological polar surface area (TPSA) is 115 Å². The number of rotatable bonds is 6. The number of ketones is 1. The van der Waals surface area contributed by atoms with Crippen LogP contribution in [0.4, 0.5) is 10.5 Å². The number of benzene rings is 2. The highest BCUT2D eigenvalue weighted by molar-refractivity contribution is 7.89. The Morgan fingerprint density at radius 1 is 0.944 bits per heavy atom. The monoisotopic (exact) mass is 532 g/mol. The second-order valence-electron chi connectivity index (χ2n) is 8.59. The number of halogens is 1. The molecule has 0 aliphatic carbocycles. The van der Waals surface area contributed by atoms with Gasteiger partial charge in [-0.2, -0.15) is 4.31 Å². The normalized spacial score (nSPS) is 19.2. The summed E-state index contributed by atoms with van der Waals surface area (Å²) in [7, 11) is -3.79. The van der Waals surface area contributed by atoms with Crippen molar-refractivity contribution in [3.63, 3.8) is 0 Å². The van der Waals surface area contributed by atoms with Crippen LogP contribution in [0, 0.1) is 0 Å². The second kappa shape index (κ2) is 10.00. The van der Waals surface area contributed by atoms with Crippen molar-refractivity contribution in [3.8, 4) is 0 Å². The van der Waals surface area contributed by atoms with E-state index in [1.54, 1.807) is 31.2 Å². The molecule has 1 atom stereocenters. The molecule has 0 spiro atoms. The van der Waals surface area contributed by atoms with Crippen LogP contribution in [0.5, 0.6) is 0 Å². The number of sulfonamides is 1. The van der Waals surface area contributed by atoms with E-state index in [4.69, 9.17) is 11.6 Å². The highest BCUT2D eigenvalue weighted by Crippen LogP contribution is 2.27. The van der Waals surface area contributed by atoms with Gasteiger partial charge in [-0.25, -0.2) is 13.2 Å². The molecular weight excluding hydrogens is 508 g/mol. The fraction of sp³-hybridized carbons (Fsp3) is 0.333. The van der Waals surface area contributed by atoms with E-state index in [0.29, 0.717) is 16.3 Å². The molecule has 2 fully saturated rings. The molecule has 0 N–H and O–H groups in total. The number of piperazine rings is 1. The first-order chi connectivity index (χ1) is 17.0. The molecule has 12 heteroatoms. The number of urea groups is 1. The number of anilines is 1. The third-order valence-corrected chi connectivity index (χ3v) is 8.50. The van der Waals surface area contributed by atoms with Gasteiger partial charge in [0, 0.05) is 42.5 Å². The molecule has 2 aromatic rings. The van der Waals surface area contributed by atoms with Crippen LogP contribution in [0.15, 0.2) is 53.4 Å². The summed E-state index contributed by atoms with van der Waals surface area (Å²) in [5.74, 6) is -1.09. The Morgan fingerprint density at radius 3 is 2.08 bits per heavy atom. The molecular formula is C24H25ClN4O6S. The lowest BCUT2D eigenvalue weighted by atomic mass is 10.2. The van der Waals surface area contributed by atoms with Crippen molar-refractivity contribution in [2.45, 2.75) is 24.8 Å². The smallest absolute Gasteiger partial charge is 0.332 e. The molecule has 10 nitrogen and oxygen atoms in total. The van der Waals surface area contributed by atoms with Crippen LogP contribution >= 0.6 is 11.6 Å². The SMILES string of the molecule is CC(=O)c1ccc(S(=O)(=O)N2CCN(C(=O)CN3C(=O)[C@@H](C)N(c4ccc(Cl)cc4)C3=O)CC2)cc1. The zero-order valence-electron chi connectivity index (χ0n) is 19.8. The Morgan fingerprint density at radius 2 is 1.53 bits per heavy atom. The molecule has 2 aliphatic rings. The van der Waals surface area contributed by atoms with Crippen LogP contribution in [-0.2, 0) is 19.6 Å². The summed E-state index contributed by atoms with van der Waals surface area (Å²) in [6, 6.07) is 10.8. The third kappa shape index (κ3) is 4.86.